The summed E-state index contributed by atoms with van der Waals surface area (Å²) in [6.45, 7) is 5.16. The summed E-state index contributed by atoms with van der Waals surface area (Å²) in [4.78, 5) is 15.5. The number of ether oxygens (including phenoxy) is 2. The Kier molecular flexibility index (Phi) is 5.56. The zero-order valence-corrected chi connectivity index (χ0v) is 16.8. The molecule has 5 heteroatoms. The molecule has 1 aliphatic rings. The highest BCUT2D eigenvalue weighted by atomic mass is 16.5. The second kappa shape index (κ2) is 8.43. The molecule has 1 atom stereocenters. The van der Waals surface area contributed by atoms with Crippen molar-refractivity contribution in [3.8, 4) is 11.5 Å². The van der Waals surface area contributed by atoms with Gasteiger partial charge in [-0.25, -0.2) is 0 Å². The van der Waals surface area contributed by atoms with Crippen LogP contribution in [0.3, 0.4) is 0 Å². The fraction of sp³-hybridized carbons (Fsp3) is 0.292. The lowest BCUT2D eigenvalue weighted by Crippen LogP contribution is -2.23. The summed E-state index contributed by atoms with van der Waals surface area (Å²) in [5.74, 6) is 1.54. The minimum atomic E-state index is -0.123. The zero-order chi connectivity index (χ0) is 20.2. The summed E-state index contributed by atoms with van der Waals surface area (Å²) in [5, 5.41) is 4.16. The molecule has 1 aromatic heterocycles. The van der Waals surface area contributed by atoms with Crippen molar-refractivity contribution in [2.24, 2.45) is 0 Å². The molecule has 150 valence electrons. The van der Waals surface area contributed by atoms with Gasteiger partial charge in [-0.1, -0.05) is 18.2 Å². The standard InChI is InChI=1S/C24H26N2O3/c1-3-28-22-14-19-12-16(2)29-23(19)13-17(22)8-9-24(27)25-11-10-18-15-26-21-7-5-4-6-20(18)21/h4-9,13-16,26H,3,10-12H2,1-2H3,(H,25,27)/b9-8+. The van der Waals surface area contributed by atoms with Crippen molar-refractivity contribution in [1.29, 1.82) is 0 Å². The number of para-hydroxylation sites is 1. The lowest BCUT2D eigenvalue weighted by atomic mass is 10.1. The molecule has 3 aromatic rings. The molecule has 1 unspecified atom stereocenters. The van der Waals surface area contributed by atoms with E-state index in [1.54, 1.807) is 12.2 Å². The van der Waals surface area contributed by atoms with Gasteiger partial charge >= 0.3 is 0 Å². The van der Waals surface area contributed by atoms with Crippen LogP contribution in [0, 0.1) is 0 Å². The number of fused-ring (bicyclic) bond motifs is 2. The van der Waals surface area contributed by atoms with Crippen molar-refractivity contribution < 1.29 is 14.3 Å². The third-order valence-corrected chi connectivity index (χ3v) is 5.11. The second-order valence-electron chi connectivity index (χ2n) is 7.30. The monoisotopic (exact) mass is 390 g/mol. The first-order chi connectivity index (χ1) is 14.1. The molecule has 4 rings (SSSR count). The molecule has 5 nitrogen and oxygen atoms in total. The molecule has 0 radical (unpaired) electrons. The molecule has 29 heavy (non-hydrogen) atoms. The summed E-state index contributed by atoms with van der Waals surface area (Å²) in [5.41, 5.74) is 4.33. The topological polar surface area (TPSA) is 63.3 Å². The Morgan fingerprint density at radius 3 is 3.07 bits per heavy atom. The lowest BCUT2D eigenvalue weighted by molar-refractivity contribution is -0.116. The van der Waals surface area contributed by atoms with Crippen LogP contribution in [0.15, 0.2) is 48.7 Å². The average molecular weight is 390 g/mol. The Labute approximate surface area is 170 Å². The van der Waals surface area contributed by atoms with Gasteiger partial charge in [0.1, 0.15) is 17.6 Å². The summed E-state index contributed by atoms with van der Waals surface area (Å²) in [6.07, 6.45) is 7.18. The van der Waals surface area contributed by atoms with Gasteiger partial charge < -0.3 is 19.8 Å². The predicted molar refractivity (Wildman–Crippen MR) is 115 cm³/mol. The summed E-state index contributed by atoms with van der Waals surface area (Å²) >= 11 is 0. The van der Waals surface area contributed by atoms with Crippen LogP contribution in [0.2, 0.25) is 0 Å². The normalized spacial score (nSPS) is 15.4. The fourth-order valence-corrected chi connectivity index (χ4v) is 3.75. The maximum atomic E-state index is 12.3. The van der Waals surface area contributed by atoms with E-state index >= 15 is 0 Å². The number of carbonyl (C=O) groups is 1. The molecule has 0 fully saturated rings. The lowest BCUT2D eigenvalue weighted by Gasteiger charge is -2.10. The Morgan fingerprint density at radius 2 is 2.21 bits per heavy atom. The molecule has 0 saturated heterocycles. The van der Waals surface area contributed by atoms with E-state index in [4.69, 9.17) is 9.47 Å². The van der Waals surface area contributed by atoms with E-state index in [1.165, 1.54) is 10.9 Å². The molecule has 0 bridgehead atoms. The number of hydrogen-bond acceptors (Lipinski definition) is 3. The van der Waals surface area contributed by atoms with Gasteiger partial charge in [-0.3, -0.25) is 4.79 Å². The number of rotatable bonds is 7. The van der Waals surface area contributed by atoms with E-state index in [-0.39, 0.29) is 12.0 Å². The van der Waals surface area contributed by atoms with Gasteiger partial charge in [-0.15, -0.1) is 0 Å². The van der Waals surface area contributed by atoms with Gasteiger partial charge in [0.15, 0.2) is 0 Å². The van der Waals surface area contributed by atoms with Gasteiger partial charge in [0.2, 0.25) is 5.91 Å². The largest absolute Gasteiger partial charge is 0.493 e. The first kappa shape index (κ1) is 19.1. The van der Waals surface area contributed by atoms with Crippen LogP contribution in [-0.2, 0) is 17.6 Å². The first-order valence-corrected chi connectivity index (χ1v) is 10.1. The SMILES string of the molecule is CCOc1cc2c(cc1/C=C/C(=O)NCCc1c[nH]c3ccccc13)OC(C)C2. The Morgan fingerprint density at radius 1 is 1.34 bits per heavy atom. The van der Waals surface area contributed by atoms with Crippen LogP contribution >= 0.6 is 0 Å². The number of aromatic nitrogens is 1. The highest BCUT2D eigenvalue weighted by Crippen LogP contribution is 2.35. The third-order valence-electron chi connectivity index (χ3n) is 5.11. The maximum absolute atomic E-state index is 12.3. The van der Waals surface area contributed by atoms with Crippen molar-refractivity contribution in [3.05, 3.63) is 65.4 Å². The molecule has 2 aromatic carbocycles. The van der Waals surface area contributed by atoms with Gasteiger partial charge in [-0.2, -0.15) is 0 Å². The molecule has 2 N–H and O–H groups in total. The molecule has 0 spiro atoms. The van der Waals surface area contributed by atoms with Crippen LogP contribution in [0.25, 0.3) is 17.0 Å². The molecular formula is C24H26N2O3. The molecule has 2 heterocycles. The van der Waals surface area contributed by atoms with Crippen molar-refractivity contribution in [3.63, 3.8) is 0 Å². The highest BCUT2D eigenvalue weighted by molar-refractivity contribution is 5.92. The van der Waals surface area contributed by atoms with Gasteiger partial charge in [-0.05, 0) is 50.1 Å². The van der Waals surface area contributed by atoms with Gasteiger partial charge in [0.25, 0.3) is 0 Å². The van der Waals surface area contributed by atoms with Crippen LogP contribution in [0.1, 0.15) is 30.5 Å². The Hall–Kier alpha value is -3.21. The Balaban J connectivity index is 1.38. The summed E-state index contributed by atoms with van der Waals surface area (Å²) in [6, 6.07) is 12.2. The van der Waals surface area contributed by atoms with Crippen LogP contribution in [0.5, 0.6) is 11.5 Å². The third kappa shape index (κ3) is 4.29. The average Bonchev–Trinajstić information content (AvgIpc) is 3.28. The van der Waals surface area contributed by atoms with E-state index in [0.29, 0.717) is 13.2 Å². The van der Waals surface area contributed by atoms with E-state index in [1.807, 2.05) is 37.4 Å². The summed E-state index contributed by atoms with van der Waals surface area (Å²) in [7, 11) is 0. The molecule has 0 saturated carbocycles. The highest BCUT2D eigenvalue weighted by Gasteiger charge is 2.21. The number of nitrogens with one attached hydrogen (secondary N) is 2. The first-order valence-electron chi connectivity index (χ1n) is 10.1. The van der Waals surface area contributed by atoms with E-state index in [2.05, 4.69) is 29.4 Å². The minimum Gasteiger partial charge on any atom is -0.493 e. The van der Waals surface area contributed by atoms with Crippen molar-refractivity contribution in [2.45, 2.75) is 32.8 Å². The summed E-state index contributed by atoms with van der Waals surface area (Å²) < 4.78 is 11.6. The Bertz CT molecular complexity index is 1050. The van der Waals surface area contributed by atoms with Crippen LogP contribution in [-0.4, -0.2) is 30.1 Å². The van der Waals surface area contributed by atoms with Crippen LogP contribution in [0.4, 0.5) is 0 Å². The smallest absolute Gasteiger partial charge is 0.244 e. The molecule has 1 aliphatic heterocycles. The number of amides is 1. The minimum absolute atomic E-state index is 0.123. The zero-order valence-electron chi connectivity index (χ0n) is 16.8. The quantitative estimate of drug-likeness (QED) is 0.593. The number of H-pyrrole nitrogens is 1. The van der Waals surface area contributed by atoms with E-state index in [0.717, 1.165) is 41.0 Å². The molecule has 1 amide bonds. The van der Waals surface area contributed by atoms with E-state index in [9.17, 15) is 4.79 Å². The molecular weight excluding hydrogens is 364 g/mol. The predicted octanol–water partition coefficient (Wildman–Crippen LogP) is 4.26. The molecule has 0 aliphatic carbocycles. The number of carbonyl (C=O) groups excluding carboxylic acids is 1. The fourth-order valence-electron chi connectivity index (χ4n) is 3.75. The maximum Gasteiger partial charge on any atom is 0.244 e. The van der Waals surface area contributed by atoms with Crippen LogP contribution < -0.4 is 14.8 Å². The number of hydrogen-bond donors (Lipinski definition) is 2. The van der Waals surface area contributed by atoms with E-state index < -0.39 is 0 Å². The second-order valence-corrected chi connectivity index (χ2v) is 7.30. The van der Waals surface area contributed by atoms with Crippen molar-refractivity contribution in [2.75, 3.05) is 13.2 Å². The van der Waals surface area contributed by atoms with Gasteiger partial charge in [0, 0.05) is 47.3 Å². The van der Waals surface area contributed by atoms with Crippen molar-refractivity contribution >= 4 is 22.9 Å². The van der Waals surface area contributed by atoms with Gasteiger partial charge in [0.05, 0.1) is 6.61 Å². The van der Waals surface area contributed by atoms with Crippen molar-refractivity contribution in [1.82, 2.24) is 10.3 Å². The number of benzene rings is 2. The number of aromatic amines is 1.